The zero-order chi connectivity index (χ0) is 29.0. The number of nitrogens with zero attached hydrogens (tertiary/aromatic N) is 1. The van der Waals surface area contributed by atoms with Gasteiger partial charge in [-0.15, -0.1) is 0 Å². The zero-order valence-electron chi connectivity index (χ0n) is 23.1. The van der Waals surface area contributed by atoms with Crippen molar-refractivity contribution >= 4 is 17.8 Å². The van der Waals surface area contributed by atoms with Gasteiger partial charge in [-0.25, -0.2) is 4.39 Å². The number of halogens is 1. The highest BCUT2D eigenvalue weighted by Gasteiger charge is 2.38. The molecule has 2 aromatic carbocycles. The lowest BCUT2D eigenvalue weighted by Gasteiger charge is -2.24. The number of carbonyl (C=O) groups excluding carboxylic acids is 1. The fourth-order valence-electron chi connectivity index (χ4n) is 5.07. The average Bonchev–Trinajstić information content (AvgIpc) is 3.20. The summed E-state index contributed by atoms with van der Waals surface area (Å²) in [6, 6.07) is 11.6. The quantitative estimate of drug-likeness (QED) is 0.279. The lowest BCUT2D eigenvalue weighted by atomic mass is 9.83. The molecular weight excluding hydrogens is 513 g/mol. The number of benzene rings is 2. The van der Waals surface area contributed by atoms with Crippen LogP contribution in [0.4, 0.5) is 4.39 Å². The highest BCUT2D eigenvalue weighted by molar-refractivity contribution is 5.95. The second-order valence-electron chi connectivity index (χ2n) is 10.9. The van der Waals surface area contributed by atoms with Crippen molar-refractivity contribution < 1.29 is 33.7 Å². The smallest absolute Gasteiger partial charge is 0.310 e. The molecule has 3 aromatic rings. The number of aromatic nitrogens is 1. The van der Waals surface area contributed by atoms with E-state index in [1.165, 1.54) is 18.2 Å². The van der Waals surface area contributed by atoms with E-state index in [1.807, 2.05) is 32.0 Å². The number of Topliss-reactive ketones (excluding diaryl/α,β-unsaturated/α-hetero) is 1. The van der Waals surface area contributed by atoms with Gasteiger partial charge in [0.15, 0.2) is 11.5 Å². The third-order valence-electron chi connectivity index (χ3n) is 6.64. The first-order valence-corrected chi connectivity index (χ1v) is 13.3. The summed E-state index contributed by atoms with van der Waals surface area (Å²) in [5, 5.41) is 19.5. The van der Waals surface area contributed by atoms with Gasteiger partial charge in [0.05, 0.1) is 11.8 Å². The van der Waals surface area contributed by atoms with Crippen molar-refractivity contribution in [3.63, 3.8) is 0 Å². The van der Waals surface area contributed by atoms with Gasteiger partial charge in [-0.1, -0.05) is 44.2 Å². The summed E-state index contributed by atoms with van der Waals surface area (Å²) < 4.78 is 26.9. The van der Waals surface area contributed by atoms with Gasteiger partial charge in [-0.3, -0.25) is 14.6 Å². The highest BCUT2D eigenvalue weighted by atomic mass is 19.1. The Morgan fingerprint density at radius 3 is 2.52 bits per heavy atom. The molecule has 2 N–H and O–H groups in total. The fourth-order valence-corrected chi connectivity index (χ4v) is 5.07. The van der Waals surface area contributed by atoms with Gasteiger partial charge < -0.3 is 19.7 Å². The van der Waals surface area contributed by atoms with E-state index in [0.717, 1.165) is 22.4 Å². The third kappa shape index (κ3) is 6.74. The molecule has 0 saturated carbocycles. The maximum atomic E-state index is 14.0. The number of ether oxygens (including phenoxy) is 2. The summed E-state index contributed by atoms with van der Waals surface area (Å²) in [6.07, 6.45) is 3.38. The Morgan fingerprint density at radius 2 is 1.90 bits per heavy atom. The molecule has 0 radical (unpaired) electrons. The first-order valence-electron chi connectivity index (χ1n) is 13.3. The van der Waals surface area contributed by atoms with E-state index in [0.29, 0.717) is 29.0 Å². The minimum Gasteiger partial charge on any atom is -0.483 e. The number of pyridine rings is 1. The number of carboxylic acids is 1. The van der Waals surface area contributed by atoms with Crippen LogP contribution in [0, 0.1) is 5.82 Å². The van der Waals surface area contributed by atoms with E-state index in [9.17, 15) is 19.1 Å². The zero-order valence-corrected chi connectivity index (χ0v) is 23.1. The van der Waals surface area contributed by atoms with Crippen LogP contribution in [0.25, 0.3) is 17.2 Å². The molecule has 7 nitrogen and oxygen atoms in total. The van der Waals surface area contributed by atoms with Crippen molar-refractivity contribution in [3.05, 3.63) is 82.9 Å². The SMILES string of the molecule is CC(C)c1c(/C=C/C(O)CC(=O)CC(=O)O)c(-c2ccc(F)cc2)c(OCc2ccccn2)c2c1CC(C)(C)O2. The largest absolute Gasteiger partial charge is 0.483 e. The highest BCUT2D eigenvalue weighted by Crippen LogP contribution is 2.53. The Balaban J connectivity index is 1.91. The van der Waals surface area contributed by atoms with E-state index >= 15 is 0 Å². The van der Waals surface area contributed by atoms with Crippen molar-refractivity contribution in [2.24, 2.45) is 0 Å². The molecule has 210 valence electrons. The van der Waals surface area contributed by atoms with Crippen LogP contribution in [0.5, 0.6) is 11.5 Å². The Labute approximate surface area is 233 Å². The van der Waals surface area contributed by atoms with E-state index in [2.05, 4.69) is 18.8 Å². The number of hydrogen-bond donors (Lipinski definition) is 2. The predicted octanol–water partition coefficient (Wildman–Crippen LogP) is 6.11. The Kier molecular flexibility index (Phi) is 8.69. The van der Waals surface area contributed by atoms with Crippen LogP contribution in [0.3, 0.4) is 0 Å². The van der Waals surface area contributed by atoms with Crippen molar-refractivity contribution in [2.75, 3.05) is 0 Å². The first kappa shape index (κ1) is 29.0. The number of carbonyl (C=O) groups is 2. The molecular formula is C32H34FNO6. The van der Waals surface area contributed by atoms with Gasteiger partial charge in [0.1, 0.15) is 30.2 Å². The molecule has 1 aliphatic heterocycles. The Morgan fingerprint density at radius 1 is 1.18 bits per heavy atom. The molecule has 1 aliphatic rings. The molecule has 0 spiro atoms. The van der Waals surface area contributed by atoms with Crippen molar-refractivity contribution in [3.8, 4) is 22.6 Å². The van der Waals surface area contributed by atoms with Gasteiger partial charge >= 0.3 is 5.97 Å². The van der Waals surface area contributed by atoms with Gasteiger partial charge in [-0.05, 0) is 60.7 Å². The summed E-state index contributed by atoms with van der Waals surface area (Å²) in [5.41, 5.74) is 4.30. The van der Waals surface area contributed by atoms with Crippen LogP contribution in [0.1, 0.15) is 68.8 Å². The van der Waals surface area contributed by atoms with Crippen molar-refractivity contribution in [1.29, 1.82) is 0 Å². The Hall–Kier alpha value is -4.04. The maximum absolute atomic E-state index is 14.0. The molecule has 0 bridgehead atoms. The van der Waals surface area contributed by atoms with Gasteiger partial charge in [0, 0.05) is 30.2 Å². The number of hydrogen-bond acceptors (Lipinski definition) is 6. The van der Waals surface area contributed by atoms with Gasteiger partial charge in [0.25, 0.3) is 0 Å². The normalized spacial score (nSPS) is 14.7. The molecule has 1 aromatic heterocycles. The van der Waals surface area contributed by atoms with E-state index in [4.69, 9.17) is 14.6 Å². The van der Waals surface area contributed by atoms with E-state index in [-0.39, 0.29) is 24.8 Å². The molecule has 40 heavy (non-hydrogen) atoms. The Bertz CT molecular complexity index is 1410. The minimum atomic E-state index is -1.24. The third-order valence-corrected chi connectivity index (χ3v) is 6.64. The number of rotatable bonds is 11. The molecule has 0 aliphatic carbocycles. The standard InChI is InChI=1S/C32H34FNO6/c1-19(2)28-25(13-12-23(35)15-24(36)16-27(37)38)29(20-8-10-21(33)11-9-20)31(30-26(28)17-32(3,4)40-30)39-18-22-7-5-6-14-34-22/h5-14,19,23,35H,15-18H2,1-4H3,(H,37,38)/b13-12+. The summed E-state index contributed by atoms with van der Waals surface area (Å²) in [6.45, 7) is 8.30. The molecule has 4 rings (SSSR count). The molecule has 2 heterocycles. The maximum Gasteiger partial charge on any atom is 0.310 e. The predicted molar refractivity (Wildman–Crippen MR) is 150 cm³/mol. The summed E-state index contributed by atoms with van der Waals surface area (Å²) in [4.78, 5) is 27.3. The number of aliphatic hydroxyl groups excluding tert-OH is 1. The van der Waals surface area contributed by atoms with Gasteiger partial charge in [-0.2, -0.15) is 0 Å². The van der Waals surface area contributed by atoms with Crippen molar-refractivity contribution in [1.82, 2.24) is 4.98 Å². The molecule has 1 atom stereocenters. The molecule has 8 heteroatoms. The molecule has 1 unspecified atom stereocenters. The van der Waals surface area contributed by atoms with Crippen LogP contribution in [-0.2, 0) is 22.6 Å². The van der Waals surface area contributed by atoms with Crippen LogP contribution in [-0.4, -0.2) is 38.7 Å². The molecule has 0 fully saturated rings. The second kappa shape index (κ2) is 12.0. The van der Waals surface area contributed by atoms with E-state index < -0.39 is 29.9 Å². The van der Waals surface area contributed by atoms with Crippen LogP contribution >= 0.6 is 0 Å². The average molecular weight is 548 g/mol. The topological polar surface area (TPSA) is 106 Å². The fraction of sp³-hybridized carbons (Fsp3) is 0.344. The van der Waals surface area contributed by atoms with Crippen LogP contribution < -0.4 is 9.47 Å². The number of fused-ring (bicyclic) bond motifs is 1. The van der Waals surface area contributed by atoms with Crippen molar-refractivity contribution in [2.45, 2.75) is 71.2 Å². The minimum absolute atomic E-state index is 0.0423. The first-order chi connectivity index (χ1) is 18.9. The second-order valence-corrected chi connectivity index (χ2v) is 10.9. The molecule has 0 saturated heterocycles. The number of aliphatic carboxylic acids is 1. The lowest BCUT2D eigenvalue weighted by molar-refractivity contribution is -0.140. The number of carboxylic acid groups (broad SMARTS) is 1. The van der Waals surface area contributed by atoms with Gasteiger partial charge in [0.2, 0.25) is 0 Å². The monoisotopic (exact) mass is 547 g/mol. The molecule has 0 amide bonds. The van der Waals surface area contributed by atoms with Crippen LogP contribution in [0.15, 0.2) is 54.7 Å². The van der Waals surface area contributed by atoms with Crippen LogP contribution in [0.2, 0.25) is 0 Å². The number of aliphatic hydroxyl groups is 1. The number of ketones is 1. The summed E-state index contributed by atoms with van der Waals surface area (Å²) in [7, 11) is 0. The summed E-state index contributed by atoms with van der Waals surface area (Å²) in [5.74, 6) is -1.04. The van der Waals surface area contributed by atoms with E-state index in [1.54, 1.807) is 24.4 Å². The lowest BCUT2D eigenvalue weighted by Crippen LogP contribution is -2.25. The summed E-state index contributed by atoms with van der Waals surface area (Å²) >= 11 is 0.